The molecule has 4 rings (SSSR count). The highest BCUT2D eigenvalue weighted by Crippen LogP contribution is 2.27. The molecule has 0 aliphatic heterocycles. The van der Waals surface area contributed by atoms with Crippen molar-refractivity contribution in [2.24, 2.45) is 0 Å². The number of hydrogen-bond donors (Lipinski definition) is 3. The van der Waals surface area contributed by atoms with Gasteiger partial charge in [0.25, 0.3) is 11.8 Å². The van der Waals surface area contributed by atoms with E-state index < -0.39 is 35.7 Å². The van der Waals surface area contributed by atoms with Gasteiger partial charge in [-0.15, -0.1) is 10.2 Å². The number of halogens is 5. The molecule has 0 saturated heterocycles. The van der Waals surface area contributed by atoms with Crippen molar-refractivity contribution in [2.45, 2.75) is 44.9 Å². The van der Waals surface area contributed by atoms with E-state index in [9.17, 15) is 36.6 Å². The Balaban J connectivity index is 1.22. The molecular formula is C24H22F5N9O3. The van der Waals surface area contributed by atoms with Crippen molar-refractivity contribution >= 4 is 11.8 Å². The lowest BCUT2D eigenvalue weighted by Gasteiger charge is -2.08. The van der Waals surface area contributed by atoms with Crippen LogP contribution in [0.1, 0.15) is 44.3 Å². The van der Waals surface area contributed by atoms with Gasteiger partial charge in [-0.05, 0) is 30.3 Å². The molecule has 1 unspecified atom stereocenters. The van der Waals surface area contributed by atoms with Gasteiger partial charge in [0, 0.05) is 25.1 Å². The Kier molecular flexibility index (Phi) is 8.84. The Morgan fingerprint density at radius 1 is 0.951 bits per heavy atom. The van der Waals surface area contributed by atoms with E-state index in [1.165, 1.54) is 41.3 Å². The molecule has 0 saturated carbocycles. The normalized spacial score (nSPS) is 12.2. The van der Waals surface area contributed by atoms with Gasteiger partial charge in [-0.25, -0.2) is 18.4 Å². The lowest BCUT2D eigenvalue weighted by Crippen LogP contribution is -2.24. The summed E-state index contributed by atoms with van der Waals surface area (Å²) in [5, 5.41) is 29.1. The van der Waals surface area contributed by atoms with Gasteiger partial charge >= 0.3 is 6.18 Å². The Morgan fingerprint density at radius 3 is 2.32 bits per heavy atom. The third kappa shape index (κ3) is 8.02. The van der Waals surface area contributed by atoms with Gasteiger partial charge in [0.2, 0.25) is 0 Å². The molecule has 3 N–H and O–H groups in total. The summed E-state index contributed by atoms with van der Waals surface area (Å²) in [6, 6.07) is 6.73. The Bertz CT molecular complexity index is 1520. The van der Waals surface area contributed by atoms with Crippen LogP contribution in [0, 0.1) is 5.82 Å². The molecule has 41 heavy (non-hydrogen) atoms. The van der Waals surface area contributed by atoms with Crippen LogP contribution in [0.25, 0.3) is 0 Å². The van der Waals surface area contributed by atoms with E-state index in [-0.39, 0.29) is 61.0 Å². The number of aryl methyl sites for hydroxylation is 1. The summed E-state index contributed by atoms with van der Waals surface area (Å²) in [6.45, 7) is -0.688. The number of rotatable bonds is 11. The number of aromatic nitrogens is 7. The van der Waals surface area contributed by atoms with Crippen molar-refractivity contribution in [3.63, 3.8) is 0 Å². The third-order valence-electron chi connectivity index (χ3n) is 5.60. The predicted octanol–water partition coefficient (Wildman–Crippen LogP) is 2.42. The predicted molar refractivity (Wildman–Crippen MR) is 129 cm³/mol. The molecule has 0 bridgehead atoms. The molecule has 3 heterocycles. The summed E-state index contributed by atoms with van der Waals surface area (Å²) >= 11 is 0. The van der Waals surface area contributed by atoms with Gasteiger partial charge in [-0.3, -0.25) is 14.3 Å². The van der Waals surface area contributed by atoms with E-state index in [1.807, 2.05) is 0 Å². The lowest BCUT2D eigenvalue weighted by molar-refractivity contribution is -0.141. The number of phenolic OH excluding ortho intramolecular Hbond substituents is 1. The second-order valence-electron chi connectivity index (χ2n) is 8.73. The van der Waals surface area contributed by atoms with Gasteiger partial charge in [-0.1, -0.05) is 16.5 Å². The minimum Gasteiger partial charge on any atom is -0.508 e. The quantitative estimate of drug-likeness (QED) is 0.229. The SMILES string of the molecule is O=C(NCc1cccc(C(F)(F)F)n1)c1cn(CCC(F)Cn2cc(C(=O)NCc3cc(O)ccc3F)nn2)nn1. The number of carbonyl (C=O) groups excluding carboxylic acids is 2. The number of carbonyl (C=O) groups is 2. The molecule has 1 aromatic carbocycles. The van der Waals surface area contributed by atoms with Gasteiger partial charge in [0.15, 0.2) is 11.4 Å². The average Bonchev–Trinajstić information content (AvgIpc) is 3.61. The van der Waals surface area contributed by atoms with Crippen LogP contribution >= 0.6 is 0 Å². The maximum absolute atomic E-state index is 14.5. The van der Waals surface area contributed by atoms with Crippen molar-refractivity contribution in [1.29, 1.82) is 0 Å². The summed E-state index contributed by atoms with van der Waals surface area (Å²) in [4.78, 5) is 28.0. The first kappa shape index (κ1) is 29.0. The van der Waals surface area contributed by atoms with Crippen LogP contribution in [-0.2, 0) is 32.4 Å². The highest BCUT2D eigenvalue weighted by molar-refractivity contribution is 5.92. The molecule has 0 spiro atoms. The molecule has 0 aliphatic carbocycles. The summed E-state index contributed by atoms with van der Waals surface area (Å²) in [5.41, 5.74) is -1.26. The van der Waals surface area contributed by atoms with Crippen LogP contribution in [-0.4, -0.2) is 58.1 Å². The third-order valence-corrected chi connectivity index (χ3v) is 5.60. The van der Waals surface area contributed by atoms with Gasteiger partial charge in [0.1, 0.15) is 23.4 Å². The second-order valence-corrected chi connectivity index (χ2v) is 8.73. The molecule has 2 amide bonds. The largest absolute Gasteiger partial charge is 0.508 e. The summed E-state index contributed by atoms with van der Waals surface area (Å²) in [7, 11) is 0. The zero-order valence-corrected chi connectivity index (χ0v) is 21.0. The lowest BCUT2D eigenvalue weighted by atomic mass is 10.2. The Labute approximate surface area is 228 Å². The number of nitrogens with one attached hydrogen (secondary N) is 2. The van der Waals surface area contributed by atoms with E-state index in [4.69, 9.17) is 0 Å². The first-order chi connectivity index (χ1) is 19.5. The number of nitrogens with zero attached hydrogens (tertiary/aromatic N) is 7. The number of alkyl halides is 4. The summed E-state index contributed by atoms with van der Waals surface area (Å²) in [6.07, 6.45) is -3.63. The molecule has 12 nitrogen and oxygen atoms in total. The highest BCUT2D eigenvalue weighted by atomic mass is 19.4. The average molecular weight is 579 g/mol. The number of amides is 2. The zero-order chi connectivity index (χ0) is 29.6. The molecule has 3 aromatic heterocycles. The van der Waals surface area contributed by atoms with E-state index in [0.29, 0.717) is 0 Å². The molecule has 0 fully saturated rings. The van der Waals surface area contributed by atoms with E-state index in [1.54, 1.807) is 0 Å². The standard InChI is InChI=1S/C24H22F5N9O3/c25-15(11-38-13-20(34-36-38)22(40)30-9-14-8-17(39)4-5-18(14)26)6-7-37-12-19(33-35-37)23(41)31-10-16-2-1-3-21(32-16)24(27,28)29/h1-5,8,12-13,15,39H,6-7,9-11H2,(H,30,40)(H,31,41). The van der Waals surface area contributed by atoms with Crippen LogP contribution in [0.5, 0.6) is 5.75 Å². The van der Waals surface area contributed by atoms with Crippen LogP contribution in [0.3, 0.4) is 0 Å². The smallest absolute Gasteiger partial charge is 0.433 e. The van der Waals surface area contributed by atoms with Gasteiger partial charge in [-0.2, -0.15) is 13.2 Å². The van der Waals surface area contributed by atoms with Crippen LogP contribution in [0.2, 0.25) is 0 Å². The van der Waals surface area contributed by atoms with Crippen molar-refractivity contribution in [3.8, 4) is 5.75 Å². The Morgan fingerprint density at radius 2 is 1.61 bits per heavy atom. The topological polar surface area (TPSA) is 153 Å². The van der Waals surface area contributed by atoms with Gasteiger partial charge < -0.3 is 15.7 Å². The molecule has 17 heteroatoms. The first-order valence-electron chi connectivity index (χ1n) is 12.0. The maximum atomic E-state index is 14.5. The fourth-order valence-electron chi connectivity index (χ4n) is 3.53. The molecule has 1 atom stereocenters. The van der Waals surface area contributed by atoms with Crippen molar-refractivity contribution in [3.05, 3.63) is 82.9 Å². The van der Waals surface area contributed by atoms with E-state index in [2.05, 4.69) is 36.2 Å². The summed E-state index contributed by atoms with van der Waals surface area (Å²) < 4.78 is 69.0. The Hall–Kier alpha value is -4.96. The van der Waals surface area contributed by atoms with Crippen LogP contribution < -0.4 is 10.6 Å². The number of benzene rings is 1. The van der Waals surface area contributed by atoms with Crippen LogP contribution in [0.4, 0.5) is 22.0 Å². The van der Waals surface area contributed by atoms with Crippen molar-refractivity contribution in [2.75, 3.05) is 0 Å². The molecule has 0 radical (unpaired) electrons. The second kappa shape index (κ2) is 12.5. The fraction of sp³-hybridized carbons (Fsp3) is 0.292. The number of aromatic hydroxyl groups is 1. The monoisotopic (exact) mass is 579 g/mol. The zero-order valence-electron chi connectivity index (χ0n) is 21.0. The molecule has 4 aromatic rings. The van der Waals surface area contributed by atoms with E-state index >= 15 is 0 Å². The molecular weight excluding hydrogens is 557 g/mol. The van der Waals surface area contributed by atoms with Crippen molar-refractivity contribution < 1.29 is 36.6 Å². The molecule has 0 aliphatic rings. The maximum Gasteiger partial charge on any atom is 0.433 e. The molecule has 216 valence electrons. The van der Waals surface area contributed by atoms with Crippen LogP contribution in [0.15, 0.2) is 48.8 Å². The highest BCUT2D eigenvalue weighted by Gasteiger charge is 2.32. The number of hydrogen-bond acceptors (Lipinski definition) is 8. The van der Waals surface area contributed by atoms with E-state index in [0.717, 1.165) is 16.8 Å². The minimum atomic E-state index is -4.61. The summed E-state index contributed by atoms with van der Waals surface area (Å²) in [5.74, 6) is -2.15. The fourth-order valence-corrected chi connectivity index (χ4v) is 3.53. The van der Waals surface area contributed by atoms with Crippen molar-refractivity contribution in [1.82, 2.24) is 45.6 Å². The van der Waals surface area contributed by atoms with Gasteiger partial charge in [0.05, 0.1) is 31.2 Å². The number of phenols is 1. The number of pyridine rings is 1. The first-order valence-corrected chi connectivity index (χ1v) is 12.0. The minimum absolute atomic E-state index is 0.0000303.